The predicted molar refractivity (Wildman–Crippen MR) is 126 cm³/mol. The van der Waals surface area contributed by atoms with Crippen molar-refractivity contribution >= 4 is 49.6 Å². The molecule has 214 valence electrons. The van der Waals surface area contributed by atoms with Gasteiger partial charge >= 0.3 is 24.6 Å². The van der Waals surface area contributed by atoms with E-state index in [0.29, 0.717) is 12.1 Å². The van der Waals surface area contributed by atoms with E-state index in [1.165, 1.54) is 11.4 Å². The van der Waals surface area contributed by atoms with Gasteiger partial charge in [-0.05, 0) is 42.0 Å². The third kappa shape index (κ3) is 9.40. The van der Waals surface area contributed by atoms with Gasteiger partial charge in [0, 0.05) is 21.6 Å². The molecule has 0 fully saturated rings. The van der Waals surface area contributed by atoms with Crippen LogP contribution in [0.1, 0.15) is 33.0 Å². The summed E-state index contributed by atoms with van der Waals surface area (Å²) in [5.74, 6) is -5.86. The largest absolute Gasteiger partial charge is 0.417 e. The Labute approximate surface area is 230 Å². The number of carbonyl (C=O) groups excluding carboxylic acids is 2. The molecule has 0 spiro atoms. The first kappa shape index (κ1) is 32.4. The number of halogens is 12. The minimum absolute atomic E-state index is 0.0716. The monoisotopic (exact) mass is 701 g/mol. The highest BCUT2D eigenvalue weighted by atomic mass is 79.9. The molecule has 2 aromatic rings. The maximum Gasteiger partial charge on any atom is 0.417 e. The number of carbonyl (C=O) groups is 2. The molecule has 5 nitrogen and oxygen atoms in total. The van der Waals surface area contributed by atoms with E-state index in [2.05, 4.69) is 31.9 Å². The minimum Gasteiger partial charge on any atom is -0.327 e. The fraction of sp³-hybridized carbons (Fsp3) is 0.273. The van der Waals surface area contributed by atoms with Crippen LogP contribution in [0.5, 0.6) is 0 Å². The Morgan fingerprint density at radius 3 is 2.00 bits per heavy atom. The van der Waals surface area contributed by atoms with Crippen molar-refractivity contribution in [2.45, 2.75) is 24.4 Å². The van der Waals surface area contributed by atoms with Crippen molar-refractivity contribution in [3.05, 3.63) is 73.7 Å². The molecule has 0 aliphatic heterocycles. The lowest BCUT2D eigenvalue weighted by atomic mass is 9.95. The zero-order valence-electron chi connectivity index (χ0n) is 19.1. The maximum absolute atomic E-state index is 14.9. The molecule has 0 radical (unpaired) electrons. The van der Waals surface area contributed by atoms with Crippen LogP contribution in [0.3, 0.4) is 0 Å². The third-order valence-corrected chi connectivity index (χ3v) is 5.68. The SMILES string of the molecule is CN(NC(=O)c1ccc(C(F)=CC(c2cc(Br)cc(Br)c2)C(F)(F)F)cc1C(F)(F)F)C(=O)NCC(F)(F)F. The lowest BCUT2D eigenvalue weighted by Gasteiger charge is -2.21. The summed E-state index contributed by atoms with van der Waals surface area (Å²) in [6.07, 6.45) is -15.1. The summed E-state index contributed by atoms with van der Waals surface area (Å²) >= 11 is 6.00. The molecule has 1 unspecified atom stereocenters. The van der Waals surface area contributed by atoms with Gasteiger partial charge in [0.2, 0.25) is 0 Å². The Morgan fingerprint density at radius 2 is 1.51 bits per heavy atom. The second kappa shape index (κ2) is 12.1. The number of allylic oxidation sites excluding steroid dienone is 1. The highest BCUT2D eigenvalue weighted by molar-refractivity contribution is 9.11. The zero-order valence-corrected chi connectivity index (χ0v) is 22.3. The summed E-state index contributed by atoms with van der Waals surface area (Å²) in [6.45, 7) is -1.80. The van der Waals surface area contributed by atoms with Crippen molar-refractivity contribution in [1.82, 2.24) is 15.8 Å². The minimum atomic E-state index is -5.32. The molecular weight excluding hydrogens is 688 g/mol. The Balaban J connectivity index is 2.43. The van der Waals surface area contributed by atoms with Crippen molar-refractivity contribution in [2.75, 3.05) is 13.6 Å². The van der Waals surface area contributed by atoms with Crippen molar-refractivity contribution < 1.29 is 53.5 Å². The summed E-state index contributed by atoms with van der Waals surface area (Å²) < 4.78 is 134. The van der Waals surface area contributed by atoms with Crippen LogP contribution < -0.4 is 10.7 Å². The average Bonchev–Trinajstić information content (AvgIpc) is 2.77. The summed E-state index contributed by atoms with van der Waals surface area (Å²) in [5.41, 5.74) is -2.71. The second-order valence-electron chi connectivity index (χ2n) is 7.77. The molecule has 17 heteroatoms. The van der Waals surface area contributed by atoms with E-state index in [9.17, 15) is 53.5 Å². The number of hydrogen-bond acceptors (Lipinski definition) is 2. The normalized spacial score (nSPS) is 13.6. The summed E-state index contributed by atoms with van der Waals surface area (Å²) in [6, 6.07) is 3.12. The van der Waals surface area contributed by atoms with Crippen LogP contribution in [0.4, 0.5) is 48.7 Å². The summed E-state index contributed by atoms with van der Waals surface area (Å²) in [7, 11) is 0.741. The standard InChI is InChI=1S/C22H15Br2F10N3O2/c1-37(19(39)35-9-20(26,27)28)36-18(38)14-3-2-10(6-16(14)22(32,33)34)17(25)8-15(21(29,30)31)11-4-12(23)7-13(24)5-11/h2-8,15H,9H2,1H3,(H,35,39)(H,36,38). The Morgan fingerprint density at radius 1 is 0.949 bits per heavy atom. The molecule has 2 rings (SSSR count). The fourth-order valence-electron chi connectivity index (χ4n) is 3.06. The first-order chi connectivity index (χ1) is 17.7. The van der Waals surface area contributed by atoms with Crippen LogP contribution in [0.25, 0.3) is 5.83 Å². The van der Waals surface area contributed by atoms with Gasteiger partial charge in [-0.15, -0.1) is 0 Å². The van der Waals surface area contributed by atoms with E-state index in [4.69, 9.17) is 0 Å². The molecule has 39 heavy (non-hydrogen) atoms. The molecule has 0 aliphatic rings. The van der Waals surface area contributed by atoms with Crippen LogP contribution in [0.15, 0.2) is 51.4 Å². The van der Waals surface area contributed by atoms with Crippen molar-refractivity contribution in [2.24, 2.45) is 0 Å². The van der Waals surface area contributed by atoms with Gasteiger partial charge < -0.3 is 5.32 Å². The summed E-state index contributed by atoms with van der Waals surface area (Å²) in [4.78, 5) is 24.0. The van der Waals surface area contributed by atoms with E-state index in [-0.39, 0.29) is 26.1 Å². The molecular formula is C22H15Br2F10N3O2. The first-order valence-corrected chi connectivity index (χ1v) is 11.8. The third-order valence-electron chi connectivity index (χ3n) is 4.77. The highest BCUT2D eigenvalue weighted by Crippen LogP contribution is 2.41. The van der Waals surface area contributed by atoms with Gasteiger partial charge in [0.15, 0.2) is 0 Å². The average molecular weight is 703 g/mol. The number of rotatable bonds is 5. The van der Waals surface area contributed by atoms with Crippen LogP contribution in [0, 0.1) is 0 Å². The Kier molecular flexibility index (Phi) is 10.1. The molecule has 0 aromatic heterocycles. The number of urea groups is 1. The molecule has 0 aliphatic carbocycles. The molecule has 3 amide bonds. The van der Waals surface area contributed by atoms with E-state index in [1.807, 2.05) is 0 Å². The van der Waals surface area contributed by atoms with Crippen LogP contribution >= 0.6 is 31.9 Å². The zero-order chi connectivity index (χ0) is 29.9. The molecule has 2 aromatic carbocycles. The second-order valence-corrected chi connectivity index (χ2v) is 9.60. The van der Waals surface area contributed by atoms with Gasteiger partial charge in [-0.1, -0.05) is 37.9 Å². The van der Waals surface area contributed by atoms with Gasteiger partial charge in [-0.3, -0.25) is 10.2 Å². The maximum atomic E-state index is 14.9. The van der Waals surface area contributed by atoms with Gasteiger partial charge in [0.25, 0.3) is 5.91 Å². The quantitative estimate of drug-likeness (QED) is 0.248. The van der Waals surface area contributed by atoms with Gasteiger partial charge in [0.05, 0.1) is 11.1 Å². The van der Waals surface area contributed by atoms with Crippen molar-refractivity contribution in [3.63, 3.8) is 0 Å². The highest BCUT2D eigenvalue weighted by Gasteiger charge is 2.41. The fourth-order valence-corrected chi connectivity index (χ4v) is 4.39. The number of amides is 3. The topological polar surface area (TPSA) is 61.4 Å². The smallest absolute Gasteiger partial charge is 0.327 e. The van der Waals surface area contributed by atoms with E-state index >= 15 is 0 Å². The van der Waals surface area contributed by atoms with E-state index < -0.39 is 71.0 Å². The van der Waals surface area contributed by atoms with Gasteiger partial charge in [0.1, 0.15) is 18.3 Å². The predicted octanol–water partition coefficient (Wildman–Crippen LogP) is 7.74. The van der Waals surface area contributed by atoms with E-state index in [1.54, 1.807) is 5.43 Å². The van der Waals surface area contributed by atoms with Crippen molar-refractivity contribution in [1.29, 1.82) is 0 Å². The molecule has 2 N–H and O–H groups in total. The van der Waals surface area contributed by atoms with E-state index in [0.717, 1.165) is 19.2 Å². The Bertz CT molecular complexity index is 1240. The number of alkyl halides is 9. The van der Waals surface area contributed by atoms with Crippen LogP contribution in [-0.4, -0.2) is 42.9 Å². The number of nitrogens with zero attached hydrogens (tertiary/aromatic N) is 1. The van der Waals surface area contributed by atoms with Gasteiger partial charge in [-0.2, -0.15) is 39.5 Å². The Hall–Kier alpha value is -2.82. The number of hydrazine groups is 1. The van der Waals surface area contributed by atoms with Crippen LogP contribution in [0.2, 0.25) is 0 Å². The van der Waals surface area contributed by atoms with Crippen molar-refractivity contribution in [3.8, 4) is 0 Å². The molecule has 0 saturated heterocycles. The summed E-state index contributed by atoms with van der Waals surface area (Å²) in [5, 5.41) is 1.51. The first-order valence-electron chi connectivity index (χ1n) is 10.2. The lowest BCUT2D eigenvalue weighted by molar-refractivity contribution is -0.140. The molecule has 0 bridgehead atoms. The van der Waals surface area contributed by atoms with Gasteiger partial charge in [-0.25, -0.2) is 14.2 Å². The number of nitrogens with one attached hydrogen (secondary N) is 2. The molecule has 0 heterocycles. The number of benzene rings is 2. The number of hydrogen-bond donors (Lipinski definition) is 2. The van der Waals surface area contributed by atoms with Crippen LogP contribution in [-0.2, 0) is 6.18 Å². The molecule has 1 atom stereocenters. The lowest BCUT2D eigenvalue weighted by Crippen LogP contribution is -2.50. The molecule has 0 saturated carbocycles.